The van der Waals surface area contributed by atoms with Crippen LogP contribution in [0.15, 0.2) is 24.3 Å². The number of carboxylic acids is 1. The molecule has 0 spiro atoms. The van der Waals surface area contributed by atoms with E-state index in [-0.39, 0.29) is 30.8 Å². The van der Waals surface area contributed by atoms with Crippen molar-refractivity contribution in [2.75, 3.05) is 19.6 Å². The Hall–Kier alpha value is -2.90. The Morgan fingerprint density at radius 1 is 1.21 bits per heavy atom. The van der Waals surface area contributed by atoms with Crippen molar-refractivity contribution in [3.63, 3.8) is 0 Å². The van der Waals surface area contributed by atoms with Crippen LogP contribution in [0.4, 0.5) is 0 Å². The lowest BCUT2D eigenvalue weighted by Crippen LogP contribution is -2.43. The molecule has 0 bridgehead atoms. The first-order chi connectivity index (χ1) is 13.4. The minimum absolute atomic E-state index is 0.0112. The molecule has 1 aromatic carbocycles. The number of rotatable bonds is 5. The van der Waals surface area contributed by atoms with Gasteiger partial charge < -0.3 is 14.9 Å². The Kier molecular flexibility index (Phi) is 5.96. The first kappa shape index (κ1) is 19.9. The highest BCUT2D eigenvalue weighted by Crippen LogP contribution is 2.21. The van der Waals surface area contributed by atoms with Gasteiger partial charge in [-0.2, -0.15) is 5.10 Å². The van der Waals surface area contributed by atoms with Crippen molar-refractivity contribution in [3.05, 3.63) is 30.0 Å². The molecule has 0 saturated carbocycles. The van der Waals surface area contributed by atoms with Crippen molar-refractivity contribution in [1.29, 1.82) is 0 Å². The number of hydrogen-bond acceptors (Lipinski definition) is 4. The largest absolute Gasteiger partial charge is 0.480 e. The van der Waals surface area contributed by atoms with Crippen LogP contribution >= 0.6 is 0 Å². The van der Waals surface area contributed by atoms with Crippen LogP contribution in [0.5, 0.6) is 0 Å². The third-order valence-electron chi connectivity index (χ3n) is 5.35. The fourth-order valence-corrected chi connectivity index (χ4v) is 3.96. The number of carbonyl (C=O) groups is 3. The number of fused-ring (bicyclic) bond motifs is 1. The minimum atomic E-state index is -1.02. The number of likely N-dealkylation sites (tertiary alicyclic amines) is 1. The third-order valence-corrected chi connectivity index (χ3v) is 5.35. The van der Waals surface area contributed by atoms with Crippen LogP contribution in [-0.4, -0.2) is 68.1 Å². The number of amides is 2. The van der Waals surface area contributed by atoms with Crippen molar-refractivity contribution in [2.45, 2.75) is 38.6 Å². The molecule has 1 aliphatic heterocycles. The van der Waals surface area contributed by atoms with E-state index in [2.05, 4.69) is 5.10 Å². The molecule has 1 saturated heterocycles. The van der Waals surface area contributed by atoms with Crippen molar-refractivity contribution < 1.29 is 19.5 Å². The summed E-state index contributed by atoms with van der Waals surface area (Å²) in [4.78, 5) is 39.0. The highest BCUT2D eigenvalue weighted by molar-refractivity contribution is 5.87. The fraction of sp³-hybridized carbons (Fsp3) is 0.500. The number of nitrogens with zero attached hydrogens (tertiary/aromatic N) is 4. The van der Waals surface area contributed by atoms with Gasteiger partial charge in [-0.05, 0) is 25.3 Å². The summed E-state index contributed by atoms with van der Waals surface area (Å²) in [6.45, 7) is 2.22. The fourth-order valence-electron chi connectivity index (χ4n) is 3.96. The van der Waals surface area contributed by atoms with Gasteiger partial charge in [0.15, 0.2) is 0 Å². The van der Waals surface area contributed by atoms with Crippen molar-refractivity contribution in [3.8, 4) is 0 Å². The molecule has 1 atom stereocenters. The number of benzene rings is 1. The minimum Gasteiger partial charge on any atom is -0.480 e. The van der Waals surface area contributed by atoms with Gasteiger partial charge in [0.25, 0.3) is 0 Å². The van der Waals surface area contributed by atoms with Gasteiger partial charge in [-0.25, -0.2) is 0 Å². The Morgan fingerprint density at radius 3 is 2.68 bits per heavy atom. The Bertz CT molecular complexity index is 891. The number of aromatic nitrogens is 2. The van der Waals surface area contributed by atoms with Gasteiger partial charge in [0.1, 0.15) is 6.54 Å². The first-order valence-electron chi connectivity index (χ1n) is 9.54. The topological polar surface area (TPSA) is 95.7 Å². The molecule has 2 aromatic rings. The van der Waals surface area contributed by atoms with E-state index in [9.17, 15) is 14.4 Å². The molecule has 2 amide bonds. The first-order valence-corrected chi connectivity index (χ1v) is 9.54. The summed E-state index contributed by atoms with van der Waals surface area (Å²) in [5, 5.41) is 14.5. The molecule has 28 heavy (non-hydrogen) atoms. The Balaban J connectivity index is 1.67. The van der Waals surface area contributed by atoms with Crippen LogP contribution in [0.3, 0.4) is 0 Å². The van der Waals surface area contributed by atoms with E-state index in [0.717, 1.165) is 23.0 Å². The summed E-state index contributed by atoms with van der Waals surface area (Å²) >= 11 is 0. The maximum absolute atomic E-state index is 12.9. The van der Waals surface area contributed by atoms with E-state index in [0.29, 0.717) is 25.9 Å². The lowest BCUT2D eigenvalue weighted by atomic mass is 10.1. The molecule has 1 aliphatic rings. The van der Waals surface area contributed by atoms with Gasteiger partial charge in [-0.1, -0.05) is 18.2 Å². The van der Waals surface area contributed by atoms with E-state index in [1.807, 2.05) is 36.2 Å². The predicted molar refractivity (Wildman–Crippen MR) is 104 cm³/mol. The highest BCUT2D eigenvalue weighted by atomic mass is 16.4. The molecular weight excluding hydrogens is 360 g/mol. The predicted octanol–water partition coefficient (Wildman–Crippen LogP) is 1.43. The summed E-state index contributed by atoms with van der Waals surface area (Å²) in [5.41, 5.74) is 1.76. The number of carboxylic acid groups (broad SMARTS) is 1. The van der Waals surface area contributed by atoms with Gasteiger partial charge in [0.05, 0.1) is 17.6 Å². The maximum atomic E-state index is 12.9. The average molecular weight is 386 g/mol. The quantitative estimate of drug-likeness (QED) is 0.839. The van der Waals surface area contributed by atoms with Crippen LogP contribution in [0.1, 0.15) is 31.9 Å². The molecule has 8 nitrogen and oxygen atoms in total. The van der Waals surface area contributed by atoms with E-state index < -0.39 is 5.97 Å². The van der Waals surface area contributed by atoms with Crippen LogP contribution in [0.2, 0.25) is 0 Å². The second-order valence-electron chi connectivity index (χ2n) is 7.27. The molecular formula is C20H26N4O4. The standard InChI is InChI=1S/C20H26N4O4/c1-14(25)24(13-20(27)28)15-6-5-10-23(11-9-15)19(26)12-17-16-7-3-4-8-18(16)22(2)21-17/h3-4,7-8,15H,5-6,9-13H2,1-2H3,(H,27,28). The maximum Gasteiger partial charge on any atom is 0.323 e. The van der Waals surface area contributed by atoms with E-state index in [4.69, 9.17) is 5.11 Å². The summed E-state index contributed by atoms with van der Waals surface area (Å²) in [7, 11) is 1.87. The molecule has 0 aliphatic carbocycles. The van der Waals surface area contributed by atoms with Gasteiger partial charge in [-0.15, -0.1) is 0 Å². The van der Waals surface area contributed by atoms with Crippen LogP contribution < -0.4 is 0 Å². The third kappa shape index (κ3) is 4.32. The molecule has 3 rings (SSSR count). The number of hydrogen-bond donors (Lipinski definition) is 1. The van der Waals surface area contributed by atoms with Crippen LogP contribution in [0.25, 0.3) is 10.9 Å². The second kappa shape index (κ2) is 8.41. The Morgan fingerprint density at radius 2 is 1.96 bits per heavy atom. The summed E-state index contributed by atoms with van der Waals surface area (Å²) in [6, 6.07) is 7.68. The molecule has 150 valence electrons. The summed E-state index contributed by atoms with van der Waals surface area (Å²) in [5.74, 6) is -1.25. The van der Waals surface area contributed by atoms with Crippen LogP contribution in [0, 0.1) is 0 Å². The van der Waals surface area contributed by atoms with Gasteiger partial charge in [0, 0.05) is 38.5 Å². The SMILES string of the molecule is CC(=O)N(CC(=O)O)C1CCCN(C(=O)Cc2nn(C)c3ccccc23)CC1. The van der Waals surface area contributed by atoms with Crippen LogP contribution in [-0.2, 0) is 27.9 Å². The number of aliphatic carboxylic acids is 1. The lowest BCUT2D eigenvalue weighted by molar-refractivity contribution is -0.145. The van der Waals surface area contributed by atoms with Gasteiger partial charge >= 0.3 is 5.97 Å². The molecule has 8 heteroatoms. The number of para-hydroxylation sites is 1. The van der Waals surface area contributed by atoms with Gasteiger partial charge in [0.2, 0.25) is 11.8 Å². The summed E-state index contributed by atoms with van der Waals surface area (Å²) in [6.07, 6.45) is 2.26. The molecule has 1 fully saturated rings. The number of aryl methyl sites for hydroxylation is 1. The highest BCUT2D eigenvalue weighted by Gasteiger charge is 2.28. The van der Waals surface area contributed by atoms with E-state index >= 15 is 0 Å². The molecule has 1 aromatic heterocycles. The zero-order chi connectivity index (χ0) is 20.3. The average Bonchev–Trinajstić information content (AvgIpc) is 2.83. The summed E-state index contributed by atoms with van der Waals surface area (Å²) < 4.78 is 1.78. The monoisotopic (exact) mass is 386 g/mol. The van der Waals surface area contributed by atoms with E-state index in [1.165, 1.54) is 11.8 Å². The Labute approximate surface area is 163 Å². The second-order valence-corrected chi connectivity index (χ2v) is 7.27. The molecule has 0 radical (unpaired) electrons. The van der Waals surface area contributed by atoms with Crippen molar-refractivity contribution in [2.24, 2.45) is 7.05 Å². The molecule has 1 N–H and O–H groups in total. The zero-order valence-electron chi connectivity index (χ0n) is 16.3. The smallest absolute Gasteiger partial charge is 0.323 e. The zero-order valence-corrected chi connectivity index (χ0v) is 16.3. The van der Waals surface area contributed by atoms with Gasteiger partial charge in [-0.3, -0.25) is 19.1 Å². The van der Waals surface area contributed by atoms with E-state index in [1.54, 1.807) is 4.68 Å². The normalized spacial score (nSPS) is 17.4. The van der Waals surface area contributed by atoms with Crippen molar-refractivity contribution in [1.82, 2.24) is 19.6 Å². The van der Waals surface area contributed by atoms with Crippen molar-refractivity contribution >= 4 is 28.7 Å². The lowest BCUT2D eigenvalue weighted by Gasteiger charge is -2.28. The molecule has 2 heterocycles. The molecule has 1 unspecified atom stereocenters. The number of carbonyl (C=O) groups excluding carboxylic acids is 2.